The second-order valence-corrected chi connectivity index (χ2v) is 3.82. The van der Waals surface area contributed by atoms with Crippen LogP contribution in [0.25, 0.3) is 0 Å². The van der Waals surface area contributed by atoms with Crippen LogP contribution in [-0.4, -0.2) is 45.4 Å². The summed E-state index contributed by atoms with van der Waals surface area (Å²) >= 11 is 0. The fourth-order valence-corrected chi connectivity index (χ4v) is 1.28. The van der Waals surface area contributed by atoms with Crippen LogP contribution in [-0.2, 0) is 19.2 Å². The first-order valence-corrected chi connectivity index (χ1v) is 4.93. The predicted molar refractivity (Wildman–Crippen MR) is 65.5 cm³/mol. The van der Waals surface area contributed by atoms with E-state index in [1.165, 1.54) is 0 Å². The van der Waals surface area contributed by atoms with E-state index in [9.17, 15) is 19.2 Å². The van der Waals surface area contributed by atoms with Crippen molar-refractivity contribution in [2.75, 3.05) is 0 Å². The number of carboxylic acids is 2. The number of nitrogens with two attached hydrogens (primary N) is 3. The van der Waals surface area contributed by atoms with Crippen molar-refractivity contribution in [2.45, 2.75) is 30.8 Å². The van der Waals surface area contributed by atoms with Gasteiger partial charge in [0, 0.05) is 6.42 Å². The topological polar surface area (TPSA) is 187 Å². The van der Waals surface area contributed by atoms with Gasteiger partial charge in [-0.1, -0.05) is 0 Å². The Morgan fingerprint density at radius 3 is 1.95 bits per heavy atom. The molecule has 0 bridgehead atoms. The summed E-state index contributed by atoms with van der Waals surface area (Å²) in [6.07, 6.45) is -1.60. The van der Waals surface area contributed by atoms with Crippen molar-refractivity contribution in [1.82, 2.24) is 0 Å². The molecule has 110 valence electrons. The van der Waals surface area contributed by atoms with E-state index in [0.29, 0.717) is 0 Å². The molecule has 0 saturated carbocycles. The molecule has 1 amide bonds. The van der Waals surface area contributed by atoms with Crippen molar-refractivity contribution in [3.8, 4) is 0 Å². The fraction of sp³-hybridized carbons (Fsp3) is 0.556. The summed E-state index contributed by atoms with van der Waals surface area (Å²) in [5.41, 5.74) is 13.0. The van der Waals surface area contributed by atoms with Crippen molar-refractivity contribution in [3.63, 3.8) is 0 Å². The van der Waals surface area contributed by atoms with Gasteiger partial charge in [-0.3, -0.25) is 14.4 Å². The van der Waals surface area contributed by atoms with Crippen molar-refractivity contribution in [3.05, 3.63) is 0 Å². The Hall–Kier alpha value is -1.71. The number of carbonyl (C=O) groups excluding carboxylic acids is 2. The van der Waals surface area contributed by atoms with Crippen molar-refractivity contribution >= 4 is 36.0 Å². The molecule has 0 aliphatic rings. The van der Waals surface area contributed by atoms with Gasteiger partial charge in [-0.2, -0.15) is 0 Å². The third-order valence-electron chi connectivity index (χ3n) is 2.28. The minimum absolute atomic E-state index is 0. The first kappa shape index (κ1) is 19.6. The maximum absolute atomic E-state index is 11.7. The molecule has 0 spiro atoms. The Bertz CT molecular complexity index is 388. The van der Waals surface area contributed by atoms with Gasteiger partial charge in [0.15, 0.2) is 11.3 Å². The lowest BCUT2D eigenvalue weighted by atomic mass is 9.85. The van der Waals surface area contributed by atoms with Gasteiger partial charge in [0.25, 0.3) is 0 Å². The average molecular weight is 298 g/mol. The Balaban J connectivity index is 0. The molecule has 2 atom stereocenters. The average Bonchev–Trinajstić information content (AvgIpc) is 2.23. The zero-order valence-electron chi connectivity index (χ0n) is 9.87. The van der Waals surface area contributed by atoms with Crippen molar-refractivity contribution < 1.29 is 29.4 Å². The molecule has 0 saturated heterocycles. The lowest BCUT2D eigenvalue weighted by Crippen LogP contribution is -2.61. The number of hydrogen-bond acceptors (Lipinski definition) is 6. The largest absolute Gasteiger partial charge is 0.481 e. The minimum Gasteiger partial charge on any atom is -0.481 e. The second-order valence-electron chi connectivity index (χ2n) is 3.82. The molecular formula is C9H16ClN3O6. The summed E-state index contributed by atoms with van der Waals surface area (Å²) < 4.78 is 0. The van der Waals surface area contributed by atoms with Gasteiger partial charge in [0.1, 0.15) is 0 Å². The fourth-order valence-electron chi connectivity index (χ4n) is 1.28. The summed E-state index contributed by atoms with van der Waals surface area (Å²) in [6.45, 7) is 0. The molecule has 0 aromatic carbocycles. The Morgan fingerprint density at radius 2 is 1.63 bits per heavy atom. The third-order valence-corrected chi connectivity index (χ3v) is 2.28. The highest BCUT2D eigenvalue weighted by Gasteiger charge is 2.45. The highest BCUT2D eigenvalue weighted by Crippen LogP contribution is 2.13. The lowest BCUT2D eigenvalue weighted by Gasteiger charge is -2.24. The number of aliphatic carboxylic acids is 2. The van der Waals surface area contributed by atoms with Crippen LogP contribution in [0.1, 0.15) is 19.3 Å². The molecule has 19 heavy (non-hydrogen) atoms. The smallest absolute Gasteiger partial charge is 0.332 e. The zero-order valence-corrected chi connectivity index (χ0v) is 10.7. The van der Waals surface area contributed by atoms with Gasteiger partial charge >= 0.3 is 11.9 Å². The highest BCUT2D eigenvalue weighted by atomic mass is 35.5. The van der Waals surface area contributed by atoms with Gasteiger partial charge in [0.05, 0.1) is 12.5 Å². The standard InChI is InChI=1S/C9H15N3O6.ClH/c10-4(1-2-6(14)15)7(16)9(12,8(17)18)3-5(11)13;/h4H,1-3,10,12H2,(H2,11,13)(H,14,15)(H,17,18);1H/t4-,9+;/m0./s1. The molecule has 0 fully saturated rings. The SMILES string of the molecule is Cl.NC(=O)C[C@](N)(C(=O)O)C(=O)[C@@H](N)CCC(=O)O. The summed E-state index contributed by atoms with van der Waals surface area (Å²) in [7, 11) is 0. The van der Waals surface area contributed by atoms with Crippen molar-refractivity contribution in [2.24, 2.45) is 17.2 Å². The zero-order chi connectivity index (χ0) is 14.5. The van der Waals surface area contributed by atoms with Crippen LogP contribution < -0.4 is 17.2 Å². The lowest BCUT2D eigenvalue weighted by molar-refractivity contribution is -0.151. The first-order chi connectivity index (χ1) is 8.11. The van der Waals surface area contributed by atoms with Crippen LogP contribution >= 0.6 is 12.4 Å². The summed E-state index contributed by atoms with van der Waals surface area (Å²) in [4.78, 5) is 43.6. The van der Waals surface area contributed by atoms with Crippen LogP contribution in [0.5, 0.6) is 0 Å². The van der Waals surface area contributed by atoms with E-state index in [0.717, 1.165) is 0 Å². The van der Waals surface area contributed by atoms with E-state index in [1.807, 2.05) is 0 Å². The molecule has 0 aromatic rings. The van der Waals surface area contributed by atoms with Gasteiger partial charge in [-0.05, 0) is 6.42 Å². The van der Waals surface area contributed by atoms with Crippen LogP contribution in [0.3, 0.4) is 0 Å². The number of ketones is 1. The van der Waals surface area contributed by atoms with E-state index >= 15 is 0 Å². The molecule has 0 aromatic heterocycles. The number of amides is 1. The summed E-state index contributed by atoms with van der Waals surface area (Å²) in [5.74, 6) is -5.13. The Kier molecular flexibility index (Phi) is 7.92. The Morgan fingerprint density at radius 1 is 1.16 bits per heavy atom. The molecular weight excluding hydrogens is 282 g/mol. The highest BCUT2D eigenvalue weighted by molar-refractivity contribution is 6.12. The minimum atomic E-state index is -2.52. The Labute approximate surface area is 114 Å². The quantitative estimate of drug-likeness (QED) is 0.313. The summed E-state index contributed by atoms with van der Waals surface area (Å²) in [6, 6.07) is -1.39. The third kappa shape index (κ3) is 5.64. The molecule has 0 unspecified atom stereocenters. The number of carbonyl (C=O) groups is 4. The van der Waals surface area contributed by atoms with Crippen LogP contribution in [0.4, 0.5) is 0 Å². The monoisotopic (exact) mass is 297 g/mol. The van der Waals surface area contributed by atoms with Crippen LogP contribution in [0.15, 0.2) is 0 Å². The van der Waals surface area contributed by atoms with Crippen LogP contribution in [0.2, 0.25) is 0 Å². The molecule has 10 heteroatoms. The number of rotatable bonds is 8. The van der Waals surface area contributed by atoms with Crippen LogP contribution in [0, 0.1) is 0 Å². The van der Waals surface area contributed by atoms with Gasteiger partial charge in [0.2, 0.25) is 5.91 Å². The number of halogens is 1. The first-order valence-electron chi connectivity index (χ1n) is 4.93. The maximum Gasteiger partial charge on any atom is 0.332 e. The van der Waals surface area contributed by atoms with Gasteiger partial charge in [-0.25, -0.2) is 4.79 Å². The predicted octanol–water partition coefficient (Wildman–Crippen LogP) is -2.17. The molecule has 0 heterocycles. The van der Waals surface area contributed by atoms with E-state index < -0.39 is 48.1 Å². The van der Waals surface area contributed by atoms with Crippen molar-refractivity contribution in [1.29, 1.82) is 0 Å². The molecule has 0 aliphatic heterocycles. The normalized spacial score (nSPS) is 14.6. The van der Waals surface area contributed by atoms with E-state index in [-0.39, 0.29) is 18.8 Å². The van der Waals surface area contributed by atoms with E-state index in [4.69, 9.17) is 27.4 Å². The number of Topliss-reactive ketones (excluding diaryl/α,β-unsaturated/α-hetero) is 1. The molecule has 0 aliphatic carbocycles. The number of carboxylic acid groups (broad SMARTS) is 2. The van der Waals surface area contributed by atoms with Gasteiger partial charge in [-0.15, -0.1) is 12.4 Å². The second kappa shape index (κ2) is 7.67. The molecule has 0 rings (SSSR count). The number of primary amides is 1. The van der Waals surface area contributed by atoms with E-state index in [1.54, 1.807) is 0 Å². The van der Waals surface area contributed by atoms with Gasteiger partial charge < -0.3 is 27.4 Å². The molecule has 8 N–H and O–H groups in total. The molecule has 0 radical (unpaired) electrons. The summed E-state index contributed by atoms with van der Waals surface area (Å²) in [5, 5.41) is 17.3. The number of hydrogen-bond donors (Lipinski definition) is 5. The maximum atomic E-state index is 11.7. The van der Waals surface area contributed by atoms with E-state index in [2.05, 4.69) is 0 Å². The molecule has 9 nitrogen and oxygen atoms in total.